The van der Waals surface area contributed by atoms with Crippen molar-refractivity contribution < 1.29 is 0 Å². The fourth-order valence-corrected chi connectivity index (χ4v) is 3.50. The van der Waals surface area contributed by atoms with Crippen LogP contribution in [0.5, 0.6) is 0 Å². The number of nitrogens with zero attached hydrogens (tertiary/aromatic N) is 4. The topological polar surface area (TPSA) is 55.1 Å². The Bertz CT molecular complexity index is 1150. The lowest BCUT2D eigenvalue weighted by atomic mass is 10.1. The van der Waals surface area contributed by atoms with Gasteiger partial charge in [0.05, 0.1) is 16.0 Å². The number of thiophene rings is 1. The molecule has 0 unspecified atom stereocenters. The second kappa shape index (κ2) is 8.01. The maximum absolute atomic E-state index is 4.79. The minimum Gasteiger partial charge on any atom is -0.365 e. The zero-order chi connectivity index (χ0) is 18.9. The van der Waals surface area contributed by atoms with Gasteiger partial charge in [-0.1, -0.05) is 11.8 Å². The highest BCUT2D eigenvalue weighted by molar-refractivity contribution is 7.16. The minimum atomic E-state index is -0.0881. The maximum Gasteiger partial charge on any atom is 0.157 e. The Labute approximate surface area is 174 Å². The van der Waals surface area contributed by atoms with Crippen molar-refractivity contribution in [2.75, 3.05) is 5.32 Å². The molecule has 1 N–H and O–H groups in total. The van der Waals surface area contributed by atoms with E-state index in [9.17, 15) is 0 Å². The lowest BCUT2D eigenvalue weighted by Gasteiger charge is -2.22. The van der Waals surface area contributed by atoms with Crippen LogP contribution in [0.2, 0.25) is 0 Å². The summed E-state index contributed by atoms with van der Waals surface area (Å²) in [5.41, 5.74) is 2.60. The van der Waals surface area contributed by atoms with Crippen molar-refractivity contribution in [1.82, 2.24) is 19.4 Å². The van der Waals surface area contributed by atoms with Crippen LogP contribution in [-0.4, -0.2) is 24.9 Å². The average molecular weight is 410 g/mol. The van der Waals surface area contributed by atoms with Crippen LogP contribution in [0.3, 0.4) is 0 Å². The summed E-state index contributed by atoms with van der Waals surface area (Å²) in [6.45, 7) is 6.41. The molecule has 0 atom stereocenters. The molecule has 28 heavy (non-hydrogen) atoms. The number of rotatable bonds is 2. The zero-order valence-corrected chi connectivity index (χ0v) is 17.4. The second-order valence-corrected chi connectivity index (χ2v) is 8.22. The number of hydrogen-bond acceptors (Lipinski definition) is 5. The van der Waals surface area contributed by atoms with Gasteiger partial charge in [-0.05, 0) is 45.0 Å². The summed E-state index contributed by atoms with van der Waals surface area (Å²) in [6.07, 6.45) is 8.97. The number of hydrogen-bond donors (Lipinski definition) is 1. The van der Waals surface area contributed by atoms with E-state index in [1.54, 1.807) is 36.1 Å². The first-order valence-corrected chi connectivity index (χ1v) is 9.44. The van der Waals surface area contributed by atoms with Gasteiger partial charge < -0.3 is 5.32 Å². The van der Waals surface area contributed by atoms with Crippen molar-refractivity contribution in [2.24, 2.45) is 0 Å². The Kier molecular flexibility index (Phi) is 5.68. The Morgan fingerprint density at radius 3 is 2.54 bits per heavy atom. The Morgan fingerprint density at radius 2 is 1.79 bits per heavy atom. The highest BCUT2D eigenvalue weighted by Gasteiger charge is 2.20. The Morgan fingerprint density at radius 1 is 1.00 bits per heavy atom. The lowest BCUT2D eigenvalue weighted by Crippen LogP contribution is -2.27. The van der Waals surface area contributed by atoms with Crippen LogP contribution in [0.1, 0.15) is 31.2 Å². The van der Waals surface area contributed by atoms with Gasteiger partial charge in [0.2, 0.25) is 0 Å². The van der Waals surface area contributed by atoms with E-state index in [1.165, 1.54) is 0 Å². The molecule has 7 heteroatoms. The fraction of sp³-hybridized carbons (Fsp3) is 0.190. The largest absolute Gasteiger partial charge is 0.365 e. The monoisotopic (exact) mass is 409 g/mol. The summed E-state index contributed by atoms with van der Waals surface area (Å²) >= 11 is 1.64. The summed E-state index contributed by atoms with van der Waals surface area (Å²) in [4.78, 5) is 15.1. The molecule has 0 saturated carbocycles. The summed E-state index contributed by atoms with van der Waals surface area (Å²) in [5, 5.41) is 3.57. The normalized spacial score (nSPS) is 10.8. The van der Waals surface area contributed by atoms with Crippen LogP contribution in [0, 0.1) is 11.8 Å². The smallest absolute Gasteiger partial charge is 0.157 e. The SMILES string of the molecule is CC(C)(C)Nc1c(-c2ccc(C#Cc3ccncc3)s2)nc2cnccn12.Cl. The third-order valence-corrected chi connectivity index (χ3v) is 4.78. The van der Waals surface area contributed by atoms with Gasteiger partial charge in [0.25, 0.3) is 0 Å². The van der Waals surface area contributed by atoms with Crippen molar-refractivity contribution in [3.63, 3.8) is 0 Å². The minimum absolute atomic E-state index is 0. The van der Waals surface area contributed by atoms with Gasteiger partial charge >= 0.3 is 0 Å². The Balaban J connectivity index is 0.00000225. The third-order valence-electron chi connectivity index (χ3n) is 3.77. The second-order valence-electron chi connectivity index (χ2n) is 7.14. The van der Waals surface area contributed by atoms with Crippen LogP contribution >= 0.6 is 23.7 Å². The summed E-state index contributed by atoms with van der Waals surface area (Å²) in [5.74, 6) is 7.37. The van der Waals surface area contributed by atoms with Crippen LogP contribution in [0.4, 0.5) is 5.82 Å². The van der Waals surface area contributed by atoms with E-state index in [1.807, 2.05) is 28.8 Å². The summed E-state index contributed by atoms with van der Waals surface area (Å²) in [6, 6.07) is 7.92. The molecule has 5 nitrogen and oxygen atoms in total. The number of pyridine rings is 1. The first-order chi connectivity index (χ1) is 13.0. The molecule has 4 rings (SSSR count). The van der Waals surface area contributed by atoms with E-state index < -0.39 is 0 Å². The predicted octanol–water partition coefficient (Wildman–Crippen LogP) is 4.88. The number of aromatic nitrogens is 4. The number of imidazole rings is 1. The lowest BCUT2D eigenvalue weighted by molar-refractivity contribution is 0.629. The molecule has 0 saturated heterocycles. The van der Waals surface area contributed by atoms with E-state index in [-0.39, 0.29) is 17.9 Å². The van der Waals surface area contributed by atoms with Crippen molar-refractivity contribution in [3.8, 4) is 22.4 Å². The number of fused-ring (bicyclic) bond motifs is 1. The van der Waals surface area contributed by atoms with Crippen molar-refractivity contribution in [1.29, 1.82) is 0 Å². The average Bonchev–Trinajstić information content (AvgIpc) is 3.25. The van der Waals surface area contributed by atoms with Crippen molar-refractivity contribution >= 4 is 35.2 Å². The van der Waals surface area contributed by atoms with Gasteiger partial charge in [-0.2, -0.15) is 0 Å². The van der Waals surface area contributed by atoms with Gasteiger partial charge in [0, 0.05) is 35.9 Å². The van der Waals surface area contributed by atoms with Crippen molar-refractivity contribution in [2.45, 2.75) is 26.3 Å². The third kappa shape index (κ3) is 4.33. The van der Waals surface area contributed by atoms with E-state index in [4.69, 9.17) is 4.98 Å². The molecular formula is C21H20ClN5S. The van der Waals surface area contributed by atoms with E-state index >= 15 is 0 Å². The van der Waals surface area contributed by atoms with Gasteiger partial charge in [-0.25, -0.2) is 4.98 Å². The predicted molar refractivity (Wildman–Crippen MR) is 117 cm³/mol. The molecule has 4 heterocycles. The molecule has 0 amide bonds. The molecule has 0 aliphatic rings. The van der Waals surface area contributed by atoms with Gasteiger partial charge in [0.15, 0.2) is 5.65 Å². The molecule has 0 spiro atoms. The molecule has 0 aromatic carbocycles. The molecule has 4 aromatic heterocycles. The number of halogens is 1. The molecule has 0 bridgehead atoms. The van der Waals surface area contributed by atoms with E-state index in [0.29, 0.717) is 0 Å². The van der Waals surface area contributed by atoms with E-state index in [0.717, 1.165) is 32.5 Å². The number of anilines is 1. The van der Waals surface area contributed by atoms with Gasteiger partial charge in [0.1, 0.15) is 11.5 Å². The molecule has 0 aliphatic carbocycles. The van der Waals surface area contributed by atoms with E-state index in [2.05, 4.69) is 54.0 Å². The van der Waals surface area contributed by atoms with Gasteiger partial charge in [-0.3, -0.25) is 14.4 Å². The first kappa shape index (κ1) is 19.9. The standard InChI is InChI=1S/C21H19N5S.ClH/c1-21(2,3)25-20-19(24-18-14-23-12-13-26(18)20)17-7-6-16(27-17)5-4-15-8-10-22-11-9-15;/h6-14,25H,1-3H3;1H. The maximum atomic E-state index is 4.79. The molecular weight excluding hydrogens is 390 g/mol. The zero-order valence-electron chi connectivity index (χ0n) is 15.8. The summed E-state index contributed by atoms with van der Waals surface area (Å²) in [7, 11) is 0. The fourth-order valence-electron chi connectivity index (χ4n) is 2.65. The Hall–Kier alpha value is -2.88. The molecule has 0 aliphatic heterocycles. The van der Waals surface area contributed by atoms with Crippen LogP contribution in [0.25, 0.3) is 16.2 Å². The van der Waals surface area contributed by atoms with Gasteiger partial charge in [-0.15, -0.1) is 23.7 Å². The van der Waals surface area contributed by atoms with Crippen LogP contribution in [-0.2, 0) is 0 Å². The quantitative estimate of drug-likeness (QED) is 0.479. The molecule has 0 radical (unpaired) electrons. The van der Waals surface area contributed by atoms with Crippen molar-refractivity contribution in [3.05, 3.63) is 65.7 Å². The molecule has 0 fully saturated rings. The highest BCUT2D eigenvalue weighted by Crippen LogP contribution is 2.34. The summed E-state index contributed by atoms with van der Waals surface area (Å²) < 4.78 is 2.04. The highest BCUT2D eigenvalue weighted by atomic mass is 35.5. The number of nitrogens with one attached hydrogen (secondary N) is 1. The van der Waals surface area contributed by atoms with Crippen LogP contribution in [0.15, 0.2) is 55.2 Å². The molecule has 142 valence electrons. The van der Waals surface area contributed by atoms with Crippen LogP contribution < -0.4 is 5.32 Å². The molecule has 4 aromatic rings. The first-order valence-electron chi connectivity index (χ1n) is 8.62.